The first-order chi connectivity index (χ1) is 10.3. The van der Waals surface area contributed by atoms with Gasteiger partial charge in [-0.2, -0.15) is 0 Å². The normalized spacial score (nSPS) is 17.9. The fourth-order valence-electron chi connectivity index (χ4n) is 2.57. The Labute approximate surface area is 123 Å². The molecule has 1 atom stereocenters. The lowest BCUT2D eigenvalue weighted by atomic mass is 9.98. The van der Waals surface area contributed by atoms with Gasteiger partial charge in [-0.15, -0.1) is 0 Å². The molecule has 0 bridgehead atoms. The number of methoxy groups -OCH3 is 1. The fourth-order valence-corrected chi connectivity index (χ4v) is 2.57. The van der Waals surface area contributed by atoms with Gasteiger partial charge >= 0.3 is 0 Å². The van der Waals surface area contributed by atoms with Gasteiger partial charge in [-0.25, -0.2) is 0 Å². The Balaban J connectivity index is 2.05. The highest BCUT2D eigenvalue weighted by Gasteiger charge is 2.26. The number of nitrogens with zero attached hydrogens (tertiary/aromatic N) is 2. The van der Waals surface area contributed by atoms with Gasteiger partial charge in [-0.1, -0.05) is 18.2 Å². The van der Waals surface area contributed by atoms with Crippen LogP contribution in [0.4, 0.5) is 5.69 Å². The summed E-state index contributed by atoms with van der Waals surface area (Å²) in [7, 11) is 1.65. The second kappa shape index (κ2) is 5.79. The molecular weight excluding hydrogens is 264 g/mol. The van der Waals surface area contributed by atoms with Gasteiger partial charge in [0.05, 0.1) is 18.8 Å². The number of carbonyl (C=O) groups excluding carboxylic acids is 1. The molecule has 1 aromatic carbocycles. The van der Waals surface area contributed by atoms with Crippen molar-refractivity contribution in [2.75, 3.05) is 12.0 Å². The molecule has 0 aliphatic carbocycles. The van der Waals surface area contributed by atoms with E-state index in [0.717, 1.165) is 17.0 Å². The van der Waals surface area contributed by atoms with Crippen LogP contribution in [0.3, 0.4) is 0 Å². The van der Waals surface area contributed by atoms with Crippen LogP contribution >= 0.6 is 0 Å². The topological polar surface area (TPSA) is 42.4 Å². The van der Waals surface area contributed by atoms with Gasteiger partial charge < -0.3 is 9.64 Å². The van der Waals surface area contributed by atoms with Crippen LogP contribution < -0.4 is 9.64 Å². The lowest BCUT2D eigenvalue weighted by Crippen LogP contribution is -2.29. The molecule has 0 unspecified atom stereocenters. The van der Waals surface area contributed by atoms with E-state index in [4.69, 9.17) is 4.74 Å². The minimum absolute atomic E-state index is 0.0625. The fraction of sp³-hybridized carbons (Fsp3) is 0.176. The van der Waals surface area contributed by atoms with Gasteiger partial charge in [0, 0.05) is 25.0 Å². The monoisotopic (exact) mass is 280 g/mol. The molecule has 0 saturated heterocycles. The van der Waals surface area contributed by atoms with E-state index in [-0.39, 0.29) is 11.8 Å². The molecule has 2 aromatic rings. The average Bonchev–Trinajstić information content (AvgIpc) is 2.55. The largest absolute Gasteiger partial charge is 0.495 e. The summed E-state index contributed by atoms with van der Waals surface area (Å²) >= 11 is 0. The number of aromatic nitrogens is 1. The van der Waals surface area contributed by atoms with Crippen molar-refractivity contribution in [3.8, 4) is 5.75 Å². The third-order valence-corrected chi connectivity index (χ3v) is 3.58. The van der Waals surface area contributed by atoms with E-state index in [2.05, 4.69) is 9.88 Å². The summed E-state index contributed by atoms with van der Waals surface area (Å²) in [6.07, 6.45) is 7.40. The zero-order valence-electron chi connectivity index (χ0n) is 11.8. The Morgan fingerprint density at radius 1 is 1.24 bits per heavy atom. The lowest BCUT2D eigenvalue weighted by molar-refractivity contribution is -0.115. The van der Waals surface area contributed by atoms with Gasteiger partial charge in [0.2, 0.25) is 0 Å². The van der Waals surface area contributed by atoms with E-state index < -0.39 is 0 Å². The SMILES string of the molecule is COc1ccccc1N1C=CC(=O)C[C@@H]1c1cccnc1. The molecule has 0 amide bonds. The van der Waals surface area contributed by atoms with Crippen molar-refractivity contribution in [1.29, 1.82) is 0 Å². The van der Waals surface area contributed by atoms with Crippen LogP contribution in [0.5, 0.6) is 5.75 Å². The Morgan fingerprint density at radius 2 is 2.10 bits per heavy atom. The van der Waals surface area contributed by atoms with Crippen LogP contribution in [0.1, 0.15) is 18.0 Å². The van der Waals surface area contributed by atoms with Crippen molar-refractivity contribution in [2.45, 2.75) is 12.5 Å². The summed E-state index contributed by atoms with van der Waals surface area (Å²) in [5.74, 6) is 0.903. The maximum atomic E-state index is 11.8. The number of allylic oxidation sites excluding steroid dienone is 1. The van der Waals surface area contributed by atoms with E-state index in [1.54, 1.807) is 25.6 Å². The van der Waals surface area contributed by atoms with E-state index in [1.807, 2.05) is 42.6 Å². The van der Waals surface area contributed by atoms with Crippen molar-refractivity contribution >= 4 is 11.5 Å². The Morgan fingerprint density at radius 3 is 2.86 bits per heavy atom. The number of carbonyl (C=O) groups is 1. The van der Waals surface area contributed by atoms with E-state index in [0.29, 0.717) is 6.42 Å². The highest BCUT2D eigenvalue weighted by Crippen LogP contribution is 2.37. The zero-order valence-corrected chi connectivity index (χ0v) is 11.8. The molecule has 1 aromatic heterocycles. The van der Waals surface area contributed by atoms with E-state index in [9.17, 15) is 4.79 Å². The maximum Gasteiger partial charge on any atom is 0.159 e. The van der Waals surface area contributed by atoms with Gasteiger partial charge in [0.15, 0.2) is 5.78 Å². The Kier molecular flexibility index (Phi) is 3.69. The molecule has 21 heavy (non-hydrogen) atoms. The molecule has 0 N–H and O–H groups in total. The van der Waals surface area contributed by atoms with Crippen molar-refractivity contribution in [2.24, 2.45) is 0 Å². The standard InChI is InChI=1S/C17H16N2O2/c1-21-17-7-3-2-6-15(17)19-10-8-14(20)11-16(19)13-5-4-9-18-12-13/h2-10,12,16H,11H2,1H3/t16-/m1/s1. The molecule has 0 fully saturated rings. The Bertz CT molecular complexity index is 668. The third kappa shape index (κ3) is 2.65. The molecule has 4 heteroatoms. The molecule has 4 nitrogen and oxygen atoms in total. The molecule has 1 aliphatic heterocycles. The summed E-state index contributed by atoms with van der Waals surface area (Å²) in [4.78, 5) is 18.0. The van der Waals surface area contributed by atoms with Crippen LogP contribution in [0, 0.1) is 0 Å². The number of rotatable bonds is 3. The Hall–Kier alpha value is -2.62. The van der Waals surface area contributed by atoms with Crippen molar-refractivity contribution in [3.05, 3.63) is 66.6 Å². The van der Waals surface area contributed by atoms with Crippen molar-refractivity contribution in [3.63, 3.8) is 0 Å². The first-order valence-corrected chi connectivity index (χ1v) is 6.82. The van der Waals surface area contributed by atoms with Crippen LogP contribution in [-0.4, -0.2) is 17.9 Å². The van der Waals surface area contributed by atoms with Gasteiger partial charge in [0.25, 0.3) is 0 Å². The highest BCUT2D eigenvalue weighted by atomic mass is 16.5. The quantitative estimate of drug-likeness (QED) is 0.866. The van der Waals surface area contributed by atoms with E-state index in [1.165, 1.54) is 0 Å². The number of ether oxygens (including phenoxy) is 1. The molecule has 3 rings (SSSR count). The van der Waals surface area contributed by atoms with Crippen molar-refractivity contribution < 1.29 is 9.53 Å². The maximum absolute atomic E-state index is 11.8. The second-order valence-corrected chi connectivity index (χ2v) is 4.87. The summed E-state index contributed by atoms with van der Waals surface area (Å²) in [6, 6.07) is 11.6. The summed E-state index contributed by atoms with van der Waals surface area (Å²) in [6.45, 7) is 0. The number of hydrogen-bond donors (Lipinski definition) is 0. The summed E-state index contributed by atoms with van der Waals surface area (Å²) in [5.41, 5.74) is 1.96. The third-order valence-electron chi connectivity index (χ3n) is 3.58. The van der Waals surface area contributed by atoms with Crippen LogP contribution in [0.25, 0.3) is 0 Å². The highest BCUT2D eigenvalue weighted by molar-refractivity contribution is 5.92. The summed E-state index contributed by atoms with van der Waals surface area (Å²) in [5, 5.41) is 0. The van der Waals surface area contributed by atoms with Crippen LogP contribution in [0.15, 0.2) is 61.1 Å². The number of hydrogen-bond acceptors (Lipinski definition) is 4. The molecule has 2 heterocycles. The number of ketones is 1. The first-order valence-electron chi connectivity index (χ1n) is 6.82. The van der Waals surface area contributed by atoms with Crippen LogP contribution in [-0.2, 0) is 4.79 Å². The minimum atomic E-state index is -0.0625. The smallest absolute Gasteiger partial charge is 0.159 e. The lowest BCUT2D eigenvalue weighted by Gasteiger charge is -2.33. The first kappa shape index (κ1) is 13.4. The number of anilines is 1. The molecule has 0 saturated carbocycles. The summed E-state index contributed by atoms with van der Waals surface area (Å²) < 4.78 is 5.43. The molecule has 1 aliphatic rings. The van der Waals surface area contributed by atoms with Gasteiger partial charge in [0.1, 0.15) is 5.75 Å². The molecule has 0 spiro atoms. The number of pyridine rings is 1. The molecular formula is C17H16N2O2. The minimum Gasteiger partial charge on any atom is -0.495 e. The van der Waals surface area contributed by atoms with Gasteiger partial charge in [-0.05, 0) is 29.8 Å². The molecule has 0 radical (unpaired) electrons. The zero-order chi connectivity index (χ0) is 14.7. The van der Waals surface area contributed by atoms with Gasteiger partial charge in [-0.3, -0.25) is 9.78 Å². The second-order valence-electron chi connectivity index (χ2n) is 4.87. The predicted molar refractivity (Wildman–Crippen MR) is 81.2 cm³/mol. The average molecular weight is 280 g/mol. The van der Waals surface area contributed by atoms with Crippen molar-refractivity contribution in [1.82, 2.24) is 4.98 Å². The predicted octanol–water partition coefficient (Wildman–Crippen LogP) is 3.12. The number of para-hydroxylation sites is 2. The molecule has 106 valence electrons. The van der Waals surface area contributed by atoms with E-state index >= 15 is 0 Å². The number of benzene rings is 1. The van der Waals surface area contributed by atoms with Crippen LogP contribution in [0.2, 0.25) is 0 Å².